The van der Waals surface area contributed by atoms with Crippen LogP contribution < -0.4 is 10.6 Å². The van der Waals surface area contributed by atoms with Gasteiger partial charge in [0.1, 0.15) is 9.36 Å². The van der Waals surface area contributed by atoms with Gasteiger partial charge in [-0.2, -0.15) is 4.31 Å². The van der Waals surface area contributed by atoms with E-state index in [1.807, 2.05) is 6.07 Å². The van der Waals surface area contributed by atoms with E-state index in [0.29, 0.717) is 35.0 Å². The lowest BCUT2D eigenvalue weighted by atomic mass is 10.2. The minimum absolute atomic E-state index is 0. The van der Waals surface area contributed by atoms with Crippen molar-refractivity contribution in [2.45, 2.75) is 10.6 Å². The lowest BCUT2D eigenvalue weighted by Crippen LogP contribution is -2.42. The molecule has 0 aliphatic heterocycles. The number of pyridine rings is 1. The van der Waals surface area contributed by atoms with E-state index in [0.717, 1.165) is 12.0 Å². The van der Waals surface area contributed by atoms with Crippen molar-refractivity contribution < 1.29 is 8.42 Å². The number of sulfonamides is 1. The summed E-state index contributed by atoms with van der Waals surface area (Å²) in [4.78, 5) is 8.17. The first kappa shape index (κ1) is 24.1. The van der Waals surface area contributed by atoms with Gasteiger partial charge in [-0.05, 0) is 29.5 Å². The molecule has 0 atom stereocenters. The molecular formula is C16H23ClIN5O2S2. The smallest absolute Gasteiger partial charge is 0.252 e. The van der Waals surface area contributed by atoms with Gasteiger partial charge in [-0.25, -0.2) is 13.4 Å². The lowest BCUT2D eigenvalue weighted by Gasteiger charge is -2.17. The number of thiophene rings is 1. The Balaban J connectivity index is 0.00000364. The first-order valence-electron chi connectivity index (χ1n) is 7.98. The molecule has 0 saturated carbocycles. The molecule has 0 spiro atoms. The molecule has 27 heavy (non-hydrogen) atoms. The van der Waals surface area contributed by atoms with Crippen LogP contribution in [0.2, 0.25) is 5.15 Å². The van der Waals surface area contributed by atoms with Gasteiger partial charge < -0.3 is 10.6 Å². The average molecular weight is 544 g/mol. The van der Waals surface area contributed by atoms with Gasteiger partial charge in [0.25, 0.3) is 10.0 Å². The number of hydrogen-bond acceptors (Lipinski definition) is 5. The summed E-state index contributed by atoms with van der Waals surface area (Å²) in [6.45, 7) is 1.46. The minimum Gasteiger partial charge on any atom is -0.356 e. The Labute approximate surface area is 186 Å². The summed E-state index contributed by atoms with van der Waals surface area (Å²) in [6.07, 6.45) is 2.52. The monoisotopic (exact) mass is 543 g/mol. The Hall–Kier alpha value is -0.950. The molecule has 2 aromatic heterocycles. The third-order valence-corrected chi connectivity index (χ3v) is 7.05. The van der Waals surface area contributed by atoms with Crippen molar-refractivity contribution in [3.05, 3.63) is 46.6 Å². The van der Waals surface area contributed by atoms with Gasteiger partial charge in [0.2, 0.25) is 0 Å². The van der Waals surface area contributed by atoms with Crippen molar-refractivity contribution >= 4 is 62.9 Å². The third-order valence-electron chi connectivity index (χ3n) is 3.60. The number of halogens is 2. The standard InChI is InChI=1S/C16H22ClN5O2S2.HI/c1-18-16(19-8-7-13-5-6-14(17)21-12-13)20-9-10-22(2)26(23,24)15-4-3-11-25-15;/h3-6,11-12H,7-10H2,1-2H3,(H2,18,19,20);1H. The summed E-state index contributed by atoms with van der Waals surface area (Å²) in [6, 6.07) is 7.02. The largest absolute Gasteiger partial charge is 0.356 e. The van der Waals surface area contributed by atoms with Gasteiger partial charge in [-0.3, -0.25) is 4.99 Å². The van der Waals surface area contributed by atoms with Crippen LogP contribution in [0.5, 0.6) is 0 Å². The molecule has 0 unspecified atom stereocenters. The maximum Gasteiger partial charge on any atom is 0.252 e. The number of nitrogens with one attached hydrogen (secondary N) is 2. The van der Waals surface area contributed by atoms with Crippen LogP contribution in [0.3, 0.4) is 0 Å². The predicted molar refractivity (Wildman–Crippen MR) is 122 cm³/mol. The molecule has 0 aliphatic rings. The van der Waals surface area contributed by atoms with Crippen molar-refractivity contribution in [3.63, 3.8) is 0 Å². The second-order valence-electron chi connectivity index (χ2n) is 5.42. The van der Waals surface area contributed by atoms with E-state index in [1.54, 1.807) is 43.9 Å². The molecule has 2 N–H and O–H groups in total. The van der Waals surface area contributed by atoms with E-state index < -0.39 is 10.0 Å². The summed E-state index contributed by atoms with van der Waals surface area (Å²) in [7, 11) is -0.181. The molecule has 0 aromatic carbocycles. The number of rotatable bonds is 8. The summed E-state index contributed by atoms with van der Waals surface area (Å²) in [5.41, 5.74) is 1.07. The van der Waals surface area contributed by atoms with Crippen molar-refractivity contribution in [1.82, 2.24) is 19.9 Å². The molecule has 0 bridgehead atoms. The molecule has 2 heterocycles. The fourth-order valence-corrected chi connectivity index (χ4v) is 4.60. The maximum absolute atomic E-state index is 12.3. The number of likely N-dealkylation sites (N-methyl/N-ethyl adjacent to an activating group) is 1. The Bertz CT molecular complexity index is 814. The molecule has 0 amide bonds. The van der Waals surface area contributed by atoms with Gasteiger partial charge in [0, 0.05) is 39.9 Å². The quantitative estimate of drug-likeness (QED) is 0.231. The predicted octanol–water partition coefficient (Wildman–Crippen LogP) is 2.44. The Morgan fingerprint density at radius 3 is 2.63 bits per heavy atom. The van der Waals surface area contributed by atoms with Gasteiger partial charge in [-0.1, -0.05) is 23.7 Å². The first-order valence-corrected chi connectivity index (χ1v) is 10.7. The fourth-order valence-electron chi connectivity index (χ4n) is 2.12. The summed E-state index contributed by atoms with van der Waals surface area (Å²) >= 11 is 6.98. The number of guanidine groups is 1. The second-order valence-corrected chi connectivity index (χ2v) is 9.03. The highest BCUT2D eigenvalue weighted by molar-refractivity contribution is 14.0. The number of aliphatic imine (C=N–C) groups is 1. The SMILES string of the molecule is CN=C(NCCc1ccc(Cl)nc1)NCCN(C)S(=O)(=O)c1cccs1.I. The van der Waals surface area contributed by atoms with Crippen molar-refractivity contribution in [1.29, 1.82) is 0 Å². The molecule has 7 nitrogen and oxygen atoms in total. The van der Waals surface area contributed by atoms with E-state index in [9.17, 15) is 8.42 Å². The van der Waals surface area contributed by atoms with Crippen LogP contribution in [0.15, 0.2) is 45.0 Å². The molecule has 2 rings (SSSR count). The van der Waals surface area contributed by atoms with Gasteiger partial charge in [-0.15, -0.1) is 35.3 Å². The average Bonchev–Trinajstić information content (AvgIpc) is 3.17. The minimum atomic E-state index is -3.42. The highest BCUT2D eigenvalue weighted by Gasteiger charge is 2.21. The molecule has 0 radical (unpaired) electrons. The van der Waals surface area contributed by atoms with E-state index in [4.69, 9.17) is 11.6 Å². The highest BCUT2D eigenvalue weighted by Crippen LogP contribution is 2.19. The van der Waals surface area contributed by atoms with E-state index in [2.05, 4.69) is 20.6 Å². The van der Waals surface area contributed by atoms with E-state index in [-0.39, 0.29) is 24.0 Å². The van der Waals surface area contributed by atoms with Gasteiger partial charge in [0.05, 0.1) is 0 Å². The molecule has 0 aliphatic carbocycles. The molecule has 0 saturated heterocycles. The number of hydrogen-bond donors (Lipinski definition) is 2. The maximum atomic E-state index is 12.3. The molecule has 0 fully saturated rings. The lowest BCUT2D eigenvalue weighted by molar-refractivity contribution is 0.471. The highest BCUT2D eigenvalue weighted by atomic mass is 127. The van der Waals surface area contributed by atoms with Gasteiger partial charge >= 0.3 is 0 Å². The Morgan fingerprint density at radius 2 is 2.04 bits per heavy atom. The van der Waals surface area contributed by atoms with Crippen LogP contribution in [0.1, 0.15) is 5.56 Å². The Morgan fingerprint density at radius 1 is 1.30 bits per heavy atom. The number of nitrogens with zero attached hydrogens (tertiary/aromatic N) is 3. The fraction of sp³-hybridized carbons (Fsp3) is 0.375. The zero-order chi connectivity index (χ0) is 19.0. The van der Waals surface area contributed by atoms with Crippen LogP contribution in [0, 0.1) is 0 Å². The normalized spacial score (nSPS) is 11.9. The van der Waals surface area contributed by atoms with E-state index in [1.165, 1.54) is 15.6 Å². The van der Waals surface area contributed by atoms with Crippen LogP contribution in [0.4, 0.5) is 0 Å². The second kappa shape index (κ2) is 11.8. The van der Waals surface area contributed by atoms with Gasteiger partial charge in [0.15, 0.2) is 5.96 Å². The molecule has 2 aromatic rings. The summed E-state index contributed by atoms with van der Waals surface area (Å²) in [5.74, 6) is 0.619. The van der Waals surface area contributed by atoms with Crippen LogP contribution in [-0.4, -0.2) is 57.4 Å². The van der Waals surface area contributed by atoms with Crippen molar-refractivity contribution in [2.24, 2.45) is 4.99 Å². The zero-order valence-electron chi connectivity index (χ0n) is 15.1. The van der Waals surface area contributed by atoms with Crippen LogP contribution in [0.25, 0.3) is 0 Å². The number of aromatic nitrogens is 1. The molecule has 11 heteroatoms. The van der Waals surface area contributed by atoms with E-state index >= 15 is 0 Å². The van der Waals surface area contributed by atoms with Crippen molar-refractivity contribution in [3.8, 4) is 0 Å². The molecule has 150 valence electrons. The van der Waals surface area contributed by atoms with Crippen molar-refractivity contribution in [2.75, 3.05) is 33.7 Å². The third kappa shape index (κ3) is 7.53. The first-order chi connectivity index (χ1) is 12.4. The van der Waals surface area contributed by atoms with Crippen LogP contribution >= 0.6 is 46.9 Å². The zero-order valence-corrected chi connectivity index (χ0v) is 19.8. The summed E-state index contributed by atoms with van der Waals surface area (Å²) in [5, 5.41) is 8.52. The topological polar surface area (TPSA) is 86.7 Å². The Kier molecular flexibility index (Phi) is 10.5. The summed E-state index contributed by atoms with van der Waals surface area (Å²) < 4.78 is 26.4. The molecular weight excluding hydrogens is 521 g/mol. The van der Waals surface area contributed by atoms with Crippen LogP contribution in [-0.2, 0) is 16.4 Å².